The lowest BCUT2D eigenvalue weighted by molar-refractivity contribution is 1.54. The number of nitrogens with zero attached hydrogens (tertiary/aromatic N) is 1. The highest BCUT2D eigenvalue weighted by Gasteiger charge is 1.86. The van der Waals surface area contributed by atoms with E-state index in [4.69, 9.17) is 11.6 Å². The summed E-state index contributed by atoms with van der Waals surface area (Å²) in [4.78, 5) is 4.30. The largest absolute Gasteiger partial charge is 0.257 e. The molecule has 0 atom stereocenters. The lowest BCUT2D eigenvalue weighted by Crippen LogP contribution is -1.71. The van der Waals surface area contributed by atoms with Crippen LogP contribution in [0.1, 0.15) is 5.56 Å². The Morgan fingerprint density at radius 1 is 0.882 bits per heavy atom. The van der Waals surface area contributed by atoms with Gasteiger partial charge in [0.1, 0.15) is 0 Å². The Balaban J connectivity index is 1.98. The van der Waals surface area contributed by atoms with Gasteiger partial charge in [-0.05, 0) is 35.9 Å². The van der Waals surface area contributed by atoms with E-state index in [1.54, 1.807) is 6.21 Å². The molecule has 0 unspecified atom stereocenters. The van der Waals surface area contributed by atoms with Crippen LogP contribution in [0.15, 0.2) is 65.7 Å². The van der Waals surface area contributed by atoms with Crippen LogP contribution in [0.5, 0.6) is 0 Å². The summed E-state index contributed by atoms with van der Waals surface area (Å²) in [5, 5.41) is 0.750. The summed E-state index contributed by atoms with van der Waals surface area (Å²) in [6, 6.07) is 17.5. The van der Waals surface area contributed by atoms with E-state index in [1.165, 1.54) is 0 Å². The van der Waals surface area contributed by atoms with E-state index in [0.717, 1.165) is 16.3 Å². The fourth-order valence-electron chi connectivity index (χ4n) is 1.37. The molecule has 0 N–H and O–H groups in total. The van der Waals surface area contributed by atoms with Crippen LogP contribution in [0, 0.1) is 0 Å². The molecule has 2 aromatic carbocycles. The number of rotatable bonds is 3. The zero-order chi connectivity index (χ0) is 11.9. The van der Waals surface area contributed by atoms with E-state index >= 15 is 0 Å². The molecule has 0 amide bonds. The molecule has 0 saturated heterocycles. The highest BCUT2D eigenvalue weighted by Crippen LogP contribution is 2.11. The van der Waals surface area contributed by atoms with Crippen LogP contribution in [0.4, 0.5) is 5.69 Å². The molecule has 17 heavy (non-hydrogen) atoms. The molecular formula is C15H12ClN. The van der Waals surface area contributed by atoms with Crippen LogP contribution in [-0.4, -0.2) is 6.21 Å². The van der Waals surface area contributed by atoms with Gasteiger partial charge in [-0.3, -0.25) is 4.99 Å². The van der Waals surface area contributed by atoms with Crippen molar-refractivity contribution in [2.75, 3.05) is 0 Å². The van der Waals surface area contributed by atoms with Crippen LogP contribution < -0.4 is 0 Å². The maximum Gasteiger partial charge on any atom is 0.0629 e. The summed E-state index contributed by atoms with van der Waals surface area (Å²) < 4.78 is 0. The van der Waals surface area contributed by atoms with Crippen molar-refractivity contribution in [1.29, 1.82) is 0 Å². The summed E-state index contributed by atoms with van der Waals surface area (Å²) in [6.07, 6.45) is 5.68. The van der Waals surface area contributed by atoms with Gasteiger partial charge in [-0.15, -0.1) is 0 Å². The van der Waals surface area contributed by atoms with Crippen molar-refractivity contribution in [1.82, 2.24) is 0 Å². The Labute approximate surface area is 106 Å². The van der Waals surface area contributed by atoms with Crippen molar-refractivity contribution < 1.29 is 0 Å². The highest BCUT2D eigenvalue weighted by molar-refractivity contribution is 6.30. The molecule has 0 fully saturated rings. The summed E-state index contributed by atoms with van der Waals surface area (Å²) in [6.45, 7) is 0. The summed E-state index contributed by atoms with van der Waals surface area (Å²) in [7, 11) is 0. The molecule has 0 saturated carbocycles. The standard InChI is InChI=1S/C15H12ClN/c16-14-10-8-13(9-11-14)5-4-12-17-15-6-2-1-3-7-15/h1-12H. The first-order valence-electron chi connectivity index (χ1n) is 5.36. The zero-order valence-electron chi connectivity index (χ0n) is 9.25. The fourth-order valence-corrected chi connectivity index (χ4v) is 1.50. The first-order chi connectivity index (χ1) is 8.34. The van der Waals surface area contributed by atoms with Gasteiger partial charge in [0.2, 0.25) is 0 Å². The second-order valence-electron chi connectivity index (χ2n) is 3.52. The molecule has 0 aliphatic heterocycles. The number of allylic oxidation sites excluding steroid dienone is 1. The predicted molar refractivity (Wildman–Crippen MR) is 75.1 cm³/mol. The predicted octanol–water partition coefficient (Wildman–Crippen LogP) is 4.76. The van der Waals surface area contributed by atoms with Gasteiger partial charge in [0.15, 0.2) is 0 Å². The number of para-hydroxylation sites is 1. The zero-order valence-corrected chi connectivity index (χ0v) is 10.0. The third kappa shape index (κ3) is 3.89. The molecule has 2 aromatic rings. The quantitative estimate of drug-likeness (QED) is 0.688. The molecule has 0 heterocycles. The number of halogens is 1. The minimum absolute atomic E-state index is 0.750. The van der Waals surface area contributed by atoms with Crippen LogP contribution in [-0.2, 0) is 0 Å². The number of aliphatic imine (C=N–C) groups is 1. The van der Waals surface area contributed by atoms with Crippen molar-refractivity contribution >= 4 is 29.6 Å². The van der Waals surface area contributed by atoms with Gasteiger partial charge >= 0.3 is 0 Å². The van der Waals surface area contributed by atoms with E-state index in [-0.39, 0.29) is 0 Å². The van der Waals surface area contributed by atoms with Gasteiger partial charge in [-0.2, -0.15) is 0 Å². The van der Waals surface area contributed by atoms with Crippen LogP contribution >= 0.6 is 11.6 Å². The van der Waals surface area contributed by atoms with E-state index in [1.807, 2.05) is 66.7 Å². The van der Waals surface area contributed by atoms with Crippen LogP contribution in [0.3, 0.4) is 0 Å². The Morgan fingerprint density at radius 3 is 2.29 bits per heavy atom. The Hall–Kier alpha value is -1.86. The molecular weight excluding hydrogens is 230 g/mol. The minimum atomic E-state index is 0.750. The molecule has 2 rings (SSSR count). The second kappa shape index (κ2) is 6.02. The third-order valence-corrected chi connectivity index (χ3v) is 2.48. The van der Waals surface area contributed by atoms with Gasteiger partial charge in [0, 0.05) is 11.2 Å². The number of hydrogen-bond donors (Lipinski definition) is 0. The van der Waals surface area contributed by atoms with Crippen molar-refractivity contribution in [3.8, 4) is 0 Å². The van der Waals surface area contributed by atoms with Crippen LogP contribution in [0.25, 0.3) is 6.08 Å². The molecule has 0 aliphatic carbocycles. The van der Waals surface area contributed by atoms with E-state index in [9.17, 15) is 0 Å². The average molecular weight is 242 g/mol. The van der Waals surface area contributed by atoms with Crippen molar-refractivity contribution in [2.24, 2.45) is 4.99 Å². The lowest BCUT2D eigenvalue weighted by atomic mass is 10.2. The first kappa shape index (κ1) is 11.6. The summed E-state index contributed by atoms with van der Waals surface area (Å²) >= 11 is 5.80. The lowest BCUT2D eigenvalue weighted by Gasteiger charge is -1.92. The smallest absolute Gasteiger partial charge is 0.0629 e. The Kier molecular flexibility index (Phi) is 4.11. The molecule has 0 aliphatic rings. The minimum Gasteiger partial charge on any atom is -0.257 e. The Bertz CT molecular complexity index is 512. The van der Waals surface area contributed by atoms with Gasteiger partial charge in [-0.25, -0.2) is 0 Å². The molecule has 0 radical (unpaired) electrons. The summed E-state index contributed by atoms with van der Waals surface area (Å²) in [5.74, 6) is 0. The molecule has 0 spiro atoms. The van der Waals surface area contributed by atoms with Crippen molar-refractivity contribution in [3.63, 3.8) is 0 Å². The SMILES string of the molecule is Clc1ccc(C=CC=Nc2ccccc2)cc1. The van der Waals surface area contributed by atoms with E-state index in [2.05, 4.69) is 4.99 Å². The maximum absolute atomic E-state index is 5.80. The average Bonchev–Trinajstić information content (AvgIpc) is 2.38. The normalized spacial score (nSPS) is 11.4. The third-order valence-electron chi connectivity index (χ3n) is 2.22. The maximum atomic E-state index is 5.80. The molecule has 84 valence electrons. The van der Waals surface area contributed by atoms with Gasteiger partial charge < -0.3 is 0 Å². The van der Waals surface area contributed by atoms with Crippen molar-refractivity contribution in [3.05, 3.63) is 71.3 Å². The molecule has 2 heteroatoms. The number of benzene rings is 2. The molecule has 1 nitrogen and oxygen atoms in total. The van der Waals surface area contributed by atoms with Gasteiger partial charge in [-0.1, -0.05) is 48.0 Å². The first-order valence-corrected chi connectivity index (χ1v) is 5.74. The van der Waals surface area contributed by atoms with Gasteiger partial charge in [0.25, 0.3) is 0 Å². The van der Waals surface area contributed by atoms with Crippen molar-refractivity contribution in [2.45, 2.75) is 0 Å². The fraction of sp³-hybridized carbons (Fsp3) is 0. The monoisotopic (exact) mass is 241 g/mol. The highest BCUT2D eigenvalue weighted by atomic mass is 35.5. The van der Waals surface area contributed by atoms with Crippen LogP contribution in [0.2, 0.25) is 5.02 Å². The molecule has 0 aromatic heterocycles. The topological polar surface area (TPSA) is 12.4 Å². The van der Waals surface area contributed by atoms with E-state index in [0.29, 0.717) is 0 Å². The van der Waals surface area contributed by atoms with E-state index < -0.39 is 0 Å². The summed E-state index contributed by atoms with van der Waals surface area (Å²) in [5.41, 5.74) is 2.06. The molecule has 0 bridgehead atoms. The Morgan fingerprint density at radius 2 is 1.59 bits per heavy atom. The van der Waals surface area contributed by atoms with Gasteiger partial charge in [0.05, 0.1) is 5.69 Å². The second-order valence-corrected chi connectivity index (χ2v) is 3.96. The number of hydrogen-bond acceptors (Lipinski definition) is 1.